The number of carbonyl (C=O) groups excluding carboxylic acids is 1. The summed E-state index contributed by atoms with van der Waals surface area (Å²) in [6.07, 6.45) is 0.284. The predicted octanol–water partition coefficient (Wildman–Crippen LogP) is -0.448. The zero-order valence-electron chi connectivity index (χ0n) is 9.19. The summed E-state index contributed by atoms with van der Waals surface area (Å²) in [5.41, 5.74) is 7.80. The van der Waals surface area contributed by atoms with Gasteiger partial charge in [0.25, 0.3) is 0 Å². The summed E-state index contributed by atoms with van der Waals surface area (Å²) in [4.78, 5) is 21.4. The van der Waals surface area contributed by atoms with Gasteiger partial charge >= 0.3 is 5.97 Å². The van der Waals surface area contributed by atoms with Crippen molar-refractivity contribution < 1.29 is 14.7 Å². The number of carboxylic acid groups (broad SMARTS) is 1. The van der Waals surface area contributed by atoms with E-state index in [-0.39, 0.29) is 12.8 Å². The van der Waals surface area contributed by atoms with Crippen LogP contribution in [0.5, 0.6) is 0 Å². The van der Waals surface area contributed by atoms with Crippen LogP contribution in [0.3, 0.4) is 0 Å². The fourth-order valence-corrected chi connectivity index (χ4v) is 1.16. The van der Waals surface area contributed by atoms with E-state index in [4.69, 9.17) is 10.8 Å². The van der Waals surface area contributed by atoms with Crippen LogP contribution in [0.4, 0.5) is 0 Å². The molecule has 0 radical (unpaired) electrons. The first kappa shape index (κ1) is 13.9. The SMILES string of the molecule is CCN(CC)N[C@@H](CCC(N)=O)C(=O)O. The molecule has 6 heteroatoms. The molecule has 0 spiro atoms. The van der Waals surface area contributed by atoms with Gasteiger partial charge in [-0.1, -0.05) is 13.8 Å². The largest absolute Gasteiger partial charge is 0.480 e. The zero-order valence-corrected chi connectivity index (χ0v) is 9.19. The van der Waals surface area contributed by atoms with Crippen LogP contribution < -0.4 is 11.2 Å². The van der Waals surface area contributed by atoms with Crippen LogP contribution in [-0.2, 0) is 9.59 Å². The summed E-state index contributed by atoms with van der Waals surface area (Å²) in [7, 11) is 0. The number of rotatable bonds is 8. The molecule has 0 heterocycles. The first-order chi connectivity index (χ1) is 7.01. The summed E-state index contributed by atoms with van der Waals surface area (Å²) < 4.78 is 0. The van der Waals surface area contributed by atoms with Crippen molar-refractivity contribution in [3.63, 3.8) is 0 Å². The van der Waals surface area contributed by atoms with Crippen LogP contribution in [-0.4, -0.2) is 41.1 Å². The zero-order chi connectivity index (χ0) is 11.8. The van der Waals surface area contributed by atoms with Gasteiger partial charge < -0.3 is 10.8 Å². The van der Waals surface area contributed by atoms with E-state index in [9.17, 15) is 9.59 Å². The van der Waals surface area contributed by atoms with E-state index in [1.165, 1.54) is 0 Å². The number of aliphatic carboxylic acids is 1. The number of nitrogens with one attached hydrogen (secondary N) is 1. The second-order valence-electron chi connectivity index (χ2n) is 3.20. The van der Waals surface area contributed by atoms with Crippen LogP contribution in [0.15, 0.2) is 0 Å². The van der Waals surface area contributed by atoms with Gasteiger partial charge in [-0.2, -0.15) is 0 Å². The van der Waals surface area contributed by atoms with E-state index in [0.717, 1.165) is 0 Å². The molecule has 1 atom stereocenters. The number of primary amides is 1. The number of hydrogen-bond donors (Lipinski definition) is 3. The fourth-order valence-electron chi connectivity index (χ4n) is 1.16. The Bertz CT molecular complexity index is 217. The molecule has 0 fully saturated rings. The Morgan fingerprint density at radius 1 is 1.40 bits per heavy atom. The predicted molar refractivity (Wildman–Crippen MR) is 55.9 cm³/mol. The molecule has 0 aliphatic rings. The van der Waals surface area contributed by atoms with Crippen LogP contribution in [0.2, 0.25) is 0 Å². The number of carboxylic acids is 1. The summed E-state index contributed by atoms with van der Waals surface area (Å²) >= 11 is 0. The molecule has 0 saturated carbocycles. The van der Waals surface area contributed by atoms with E-state index in [1.54, 1.807) is 5.01 Å². The third-order valence-electron chi connectivity index (χ3n) is 2.08. The van der Waals surface area contributed by atoms with Gasteiger partial charge in [-0.15, -0.1) is 0 Å². The highest BCUT2D eigenvalue weighted by Gasteiger charge is 2.19. The summed E-state index contributed by atoms with van der Waals surface area (Å²) in [5.74, 6) is -1.45. The van der Waals surface area contributed by atoms with Crippen LogP contribution in [0.1, 0.15) is 26.7 Å². The van der Waals surface area contributed by atoms with Gasteiger partial charge in [0.2, 0.25) is 5.91 Å². The number of hydrazine groups is 1. The Labute approximate surface area is 89.4 Å². The number of hydrogen-bond acceptors (Lipinski definition) is 4. The molecule has 1 amide bonds. The maximum atomic E-state index is 10.8. The smallest absolute Gasteiger partial charge is 0.322 e. The Balaban J connectivity index is 4.14. The van der Waals surface area contributed by atoms with Gasteiger partial charge in [-0.25, -0.2) is 10.4 Å². The molecule has 0 unspecified atom stereocenters. The van der Waals surface area contributed by atoms with Gasteiger partial charge in [-0.05, 0) is 6.42 Å². The molecular formula is C9H19N3O3. The van der Waals surface area contributed by atoms with E-state index < -0.39 is 17.9 Å². The van der Waals surface area contributed by atoms with E-state index in [1.807, 2.05) is 13.8 Å². The van der Waals surface area contributed by atoms with Crippen molar-refractivity contribution >= 4 is 11.9 Å². The summed E-state index contributed by atoms with van der Waals surface area (Å²) in [6.45, 7) is 5.25. The van der Waals surface area contributed by atoms with Crippen LogP contribution in [0, 0.1) is 0 Å². The third-order valence-corrected chi connectivity index (χ3v) is 2.08. The molecule has 15 heavy (non-hydrogen) atoms. The summed E-state index contributed by atoms with van der Waals surface area (Å²) in [6, 6.07) is -0.752. The standard InChI is InChI=1S/C9H19N3O3/c1-3-12(4-2)11-7(9(14)15)5-6-8(10)13/h7,11H,3-6H2,1-2H3,(H2,10,13)(H,14,15)/t7-/m0/s1. The van der Waals surface area contributed by atoms with Gasteiger partial charge in [0.15, 0.2) is 0 Å². The molecule has 0 rings (SSSR count). The van der Waals surface area contributed by atoms with Crippen molar-refractivity contribution in [1.29, 1.82) is 0 Å². The lowest BCUT2D eigenvalue weighted by Crippen LogP contribution is -2.48. The van der Waals surface area contributed by atoms with Gasteiger partial charge in [-0.3, -0.25) is 9.59 Å². The molecule has 88 valence electrons. The highest BCUT2D eigenvalue weighted by atomic mass is 16.4. The van der Waals surface area contributed by atoms with Gasteiger partial charge in [0.1, 0.15) is 6.04 Å². The van der Waals surface area contributed by atoms with E-state index in [0.29, 0.717) is 13.1 Å². The first-order valence-electron chi connectivity index (χ1n) is 5.03. The Morgan fingerprint density at radius 3 is 2.27 bits per heavy atom. The van der Waals surface area contributed by atoms with Crippen LogP contribution in [0.25, 0.3) is 0 Å². The second-order valence-corrected chi connectivity index (χ2v) is 3.20. The number of nitrogens with zero attached hydrogens (tertiary/aromatic N) is 1. The lowest BCUT2D eigenvalue weighted by atomic mass is 10.1. The maximum absolute atomic E-state index is 10.8. The van der Waals surface area contributed by atoms with E-state index >= 15 is 0 Å². The summed E-state index contributed by atoms with van der Waals surface area (Å²) in [5, 5.41) is 10.7. The molecule has 0 saturated heterocycles. The first-order valence-corrected chi connectivity index (χ1v) is 5.03. The fraction of sp³-hybridized carbons (Fsp3) is 0.778. The minimum absolute atomic E-state index is 0.0746. The third kappa shape index (κ3) is 6.03. The molecular weight excluding hydrogens is 198 g/mol. The van der Waals surface area contributed by atoms with Crippen molar-refractivity contribution in [3.8, 4) is 0 Å². The Morgan fingerprint density at radius 2 is 1.93 bits per heavy atom. The van der Waals surface area contributed by atoms with Crippen molar-refractivity contribution in [1.82, 2.24) is 10.4 Å². The molecule has 4 N–H and O–H groups in total. The average Bonchev–Trinajstić information content (AvgIpc) is 2.17. The Hall–Kier alpha value is -1.14. The van der Waals surface area contributed by atoms with Crippen molar-refractivity contribution in [3.05, 3.63) is 0 Å². The molecule has 0 bridgehead atoms. The number of amides is 1. The van der Waals surface area contributed by atoms with Crippen molar-refractivity contribution in [2.75, 3.05) is 13.1 Å². The van der Waals surface area contributed by atoms with E-state index in [2.05, 4.69) is 5.43 Å². The molecule has 0 aromatic rings. The molecule has 0 aromatic heterocycles. The second kappa shape index (κ2) is 7.19. The van der Waals surface area contributed by atoms with Crippen molar-refractivity contribution in [2.24, 2.45) is 5.73 Å². The average molecular weight is 217 g/mol. The molecule has 0 aromatic carbocycles. The minimum atomic E-state index is -0.969. The maximum Gasteiger partial charge on any atom is 0.322 e. The van der Waals surface area contributed by atoms with Gasteiger partial charge in [0.05, 0.1) is 0 Å². The highest BCUT2D eigenvalue weighted by Crippen LogP contribution is 1.98. The highest BCUT2D eigenvalue weighted by molar-refractivity contribution is 5.77. The molecule has 6 nitrogen and oxygen atoms in total. The monoisotopic (exact) mass is 217 g/mol. The minimum Gasteiger partial charge on any atom is -0.480 e. The quantitative estimate of drug-likeness (QED) is 0.479. The number of carbonyl (C=O) groups is 2. The van der Waals surface area contributed by atoms with Crippen molar-refractivity contribution in [2.45, 2.75) is 32.7 Å². The van der Waals surface area contributed by atoms with Gasteiger partial charge in [0, 0.05) is 19.5 Å². The Kier molecular flexibility index (Phi) is 6.64. The number of nitrogens with two attached hydrogens (primary N) is 1. The lowest BCUT2D eigenvalue weighted by molar-refractivity contribution is -0.141. The normalized spacial score (nSPS) is 12.7. The van der Waals surface area contributed by atoms with Crippen LogP contribution >= 0.6 is 0 Å². The lowest BCUT2D eigenvalue weighted by Gasteiger charge is -2.24. The molecule has 0 aliphatic carbocycles. The topological polar surface area (TPSA) is 95.7 Å². The molecule has 0 aliphatic heterocycles.